The Hall–Kier alpha value is -1.40. The van der Waals surface area contributed by atoms with Gasteiger partial charge in [0.1, 0.15) is 5.69 Å². The van der Waals surface area contributed by atoms with E-state index >= 15 is 0 Å². The molecule has 1 aromatic heterocycles. The van der Waals surface area contributed by atoms with E-state index in [0.29, 0.717) is 24.3 Å². The maximum Gasteiger partial charge on any atom is 0.354 e. The van der Waals surface area contributed by atoms with Gasteiger partial charge in [-0.1, -0.05) is 0 Å². The normalized spacial score (nSPS) is 24.1. The number of aromatic carboxylic acids is 1. The fourth-order valence-corrected chi connectivity index (χ4v) is 2.22. The van der Waals surface area contributed by atoms with E-state index in [4.69, 9.17) is 9.84 Å². The Labute approximate surface area is 99.4 Å². The third kappa shape index (κ3) is 2.83. The van der Waals surface area contributed by atoms with Crippen molar-refractivity contribution in [1.29, 1.82) is 0 Å². The summed E-state index contributed by atoms with van der Waals surface area (Å²) in [5.74, 6) is -0.972. The lowest BCUT2D eigenvalue weighted by atomic mass is 10.2. The fraction of sp³-hybridized carbons (Fsp3) is 0.636. The Morgan fingerprint density at radius 2 is 2.53 bits per heavy atom. The van der Waals surface area contributed by atoms with Gasteiger partial charge in [-0.3, -0.25) is 5.10 Å². The van der Waals surface area contributed by atoms with Gasteiger partial charge in [0.15, 0.2) is 0 Å². The first-order chi connectivity index (χ1) is 8.20. The van der Waals surface area contributed by atoms with Crippen LogP contribution in [-0.2, 0) is 11.3 Å². The highest BCUT2D eigenvalue weighted by atomic mass is 16.5. The molecule has 17 heavy (non-hydrogen) atoms. The molecule has 1 saturated carbocycles. The highest BCUT2D eigenvalue weighted by Gasteiger charge is 2.24. The molecule has 0 spiro atoms. The molecule has 3 N–H and O–H groups in total. The van der Waals surface area contributed by atoms with Gasteiger partial charge in [-0.15, -0.1) is 0 Å². The number of H-pyrrole nitrogens is 1. The first-order valence-corrected chi connectivity index (χ1v) is 5.72. The van der Waals surface area contributed by atoms with Crippen molar-refractivity contribution in [2.75, 3.05) is 7.11 Å². The van der Waals surface area contributed by atoms with Crippen molar-refractivity contribution >= 4 is 5.97 Å². The van der Waals surface area contributed by atoms with E-state index in [0.717, 1.165) is 19.3 Å². The molecule has 6 nitrogen and oxygen atoms in total. The van der Waals surface area contributed by atoms with Crippen LogP contribution in [0.25, 0.3) is 0 Å². The minimum absolute atomic E-state index is 0.166. The van der Waals surface area contributed by atoms with Crippen LogP contribution in [0.5, 0.6) is 0 Å². The van der Waals surface area contributed by atoms with Gasteiger partial charge in [0, 0.05) is 25.3 Å². The summed E-state index contributed by atoms with van der Waals surface area (Å²) in [4.78, 5) is 10.9. The first kappa shape index (κ1) is 12.1. The number of nitrogens with one attached hydrogen (secondary N) is 2. The highest BCUT2D eigenvalue weighted by molar-refractivity contribution is 5.86. The van der Waals surface area contributed by atoms with Crippen LogP contribution in [0.2, 0.25) is 0 Å². The van der Waals surface area contributed by atoms with Crippen LogP contribution in [0.1, 0.15) is 35.3 Å². The Kier molecular flexibility index (Phi) is 3.75. The second-order valence-electron chi connectivity index (χ2n) is 4.32. The summed E-state index contributed by atoms with van der Waals surface area (Å²) in [6.45, 7) is 0.527. The highest BCUT2D eigenvalue weighted by Crippen LogP contribution is 2.21. The molecular formula is C11H17N3O3. The first-order valence-electron chi connectivity index (χ1n) is 5.72. The predicted molar refractivity (Wildman–Crippen MR) is 60.8 cm³/mol. The standard InChI is InChI=1S/C11H17N3O3/c1-17-9-3-2-8(4-9)12-5-7-6-13-14-10(7)11(15)16/h6,8-9,12H,2-5H2,1H3,(H,13,14)(H,15,16). The van der Waals surface area contributed by atoms with Gasteiger partial charge in [-0.25, -0.2) is 4.79 Å². The summed E-state index contributed by atoms with van der Waals surface area (Å²) in [5, 5.41) is 18.5. The number of hydrogen-bond donors (Lipinski definition) is 3. The molecule has 2 atom stereocenters. The van der Waals surface area contributed by atoms with Gasteiger partial charge in [0.05, 0.1) is 12.3 Å². The number of carboxylic acid groups (broad SMARTS) is 1. The largest absolute Gasteiger partial charge is 0.477 e. The zero-order chi connectivity index (χ0) is 12.3. The van der Waals surface area contributed by atoms with Crippen molar-refractivity contribution in [1.82, 2.24) is 15.5 Å². The molecule has 2 unspecified atom stereocenters. The number of hydrogen-bond acceptors (Lipinski definition) is 4. The molecule has 0 aliphatic heterocycles. The van der Waals surface area contributed by atoms with E-state index in [1.807, 2.05) is 0 Å². The molecule has 1 heterocycles. The number of methoxy groups -OCH3 is 1. The molecule has 0 radical (unpaired) electrons. The topological polar surface area (TPSA) is 87.2 Å². The number of nitrogens with zero attached hydrogens (tertiary/aromatic N) is 1. The van der Waals surface area contributed by atoms with Crippen LogP contribution < -0.4 is 5.32 Å². The number of aromatic amines is 1. The number of carbonyl (C=O) groups is 1. The molecule has 6 heteroatoms. The summed E-state index contributed by atoms with van der Waals surface area (Å²) in [7, 11) is 1.73. The maximum absolute atomic E-state index is 10.9. The van der Waals surface area contributed by atoms with E-state index in [1.165, 1.54) is 0 Å². The third-order valence-corrected chi connectivity index (χ3v) is 3.23. The summed E-state index contributed by atoms with van der Waals surface area (Å²) < 4.78 is 5.29. The second-order valence-corrected chi connectivity index (χ2v) is 4.32. The Bertz CT molecular complexity index is 391. The molecule has 0 saturated heterocycles. The monoisotopic (exact) mass is 239 g/mol. The summed E-state index contributed by atoms with van der Waals surface area (Å²) in [6, 6.07) is 0.400. The minimum atomic E-state index is -0.972. The minimum Gasteiger partial charge on any atom is -0.477 e. The molecule has 1 aliphatic rings. The van der Waals surface area contributed by atoms with Crippen molar-refractivity contribution in [3.63, 3.8) is 0 Å². The van der Waals surface area contributed by atoms with E-state index in [9.17, 15) is 4.79 Å². The quantitative estimate of drug-likeness (QED) is 0.706. The van der Waals surface area contributed by atoms with Crippen molar-refractivity contribution in [3.05, 3.63) is 17.5 Å². The summed E-state index contributed by atoms with van der Waals surface area (Å²) in [5.41, 5.74) is 0.858. The molecule has 1 fully saturated rings. The van der Waals surface area contributed by atoms with Crippen molar-refractivity contribution in [2.45, 2.75) is 38.0 Å². The van der Waals surface area contributed by atoms with Gasteiger partial charge in [0.2, 0.25) is 0 Å². The molecule has 0 amide bonds. The van der Waals surface area contributed by atoms with Gasteiger partial charge >= 0.3 is 5.97 Å². The lowest BCUT2D eigenvalue weighted by molar-refractivity contribution is 0.0689. The van der Waals surface area contributed by atoms with E-state index < -0.39 is 5.97 Å². The predicted octanol–water partition coefficient (Wildman–Crippen LogP) is 0.765. The summed E-state index contributed by atoms with van der Waals surface area (Å²) in [6.07, 6.45) is 5.00. The van der Waals surface area contributed by atoms with Crippen LogP contribution in [-0.4, -0.2) is 40.5 Å². The number of rotatable bonds is 5. The zero-order valence-corrected chi connectivity index (χ0v) is 9.77. The van der Waals surface area contributed by atoms with Crippen molar-refractivity contribution in [2.24, 2.45) is 0 Å². The van der Waals surface area contributed by atoms with E-state index in [2.05, 4.69) is 15.5 Å². The van der Waals surface area contributed by atoms with Crippen LogP contribution in [0.4, 0.5) is 0 Å². The Morgan fingerprint density at radius 1 is 1.71 bits per heavy atom. The molecule has 0 aromatic carbocycles. The fourth-order valence-electron chi connectivity index (χ4n) is 2.22. The zero-order valence-electron chi connectivity index (χ0n) is 9.77. The summed E-state index contributed by atoms with van der Waals surface area (Å²) >= 11 is 0. The SMILES string of the molecule is COC1CCC(NCc2cn[nH]c2C(=O)O)C1. The van der Waals surface area contributed by atoms with E-state index in [1.54, 1.807) is 13.3 Å². The average molecular weight is 239 g/mol. The van der Waals surface area contributed by atoms with Crippen molar-refractivity contribution in [3.8, 4) is 0 Å². The van der Waals surface area contributed by atoms with Gasteiger partial charge in [-0.2, -0.15) is 5.10 Å². The van der Waals surface area contributed by atoms with Crippen LogP contribution in [0.3, 0.4) is 0 Å². The van der Waals surface area contributed by atoms with Crippen LogP contribution in [0.15, 0.2) is 6.20 Å². The molecule has 1 aliphatic carbocycles. The molecular weight excluding hydrogens is 222 g/mol. The Morgan fingerprint density at radius 3 is 3.18 bits per heavy atom. The molecule has 1 aromatic rings. The van der Waals surface area contributed by atoms with Crippen LogP contribution in [0, 0.1) is 0 Å². The molecule has 94 valence electrons. The Balaban J connectivity index is 1.86. The third-order valence-electron chi connectivity index (χ3n) is 3.23. The van der Waals surface area contributed by atoms with E-state index in [-0.39, 0.29) is 5.69 Å². The van der Waals surface area contributed by atoms with Gasteiger partial charge < -0.3 is 15.2 Å². The van der Waals surface area contributed by atoms with Crippen molar-refractivity contribution < 1.29 is 14.6 Å². The molecule has 0 bridgehead atoms. The lowest BCUT2D eigenvalue weighted by Gasteiger charge is -2.12. The molecule has 2 rings (SSSR count). The number of carboxylic acids is 1. The second kappa shape index (κ2) is 5.29. The lowest BCUT2D eigenvalue weighted by Crippen LogP contribution is -2.27. The maximum atomic E-state index is 10.9. The number of ether oxygens (including phenoxy) is 1. The van der Waals surface area contributed by atoms with Crippen LogP contribution >= 0.6 is 0 Å². The smallest absolute Gasteiger partial charge is 0.354 e. The number of aromatic nitrogens is 2. The average Bonchev–Trinajstić information content (AvgIpc) is 2.95. The van der Waals surface area contributed by atoms with Gasteiger partial charge in [-0.05, 0) is 19.3 Å². The van der Waals surface area contributed by atoms with Gasteiger partial charge in [0.25, 0.3) is 0 Å².